The lowest BCUT2D eigenvalue weighted by Gasteiger charge is -2.22. The lowest BCUT2D eigenvalue weighted by molar-refractivity contribution is 0.0650. The van der Waals surface area contributed by atoms with E-state index in [0.29, 0.717) is 18.8 Å². The van der Waals surface area contributed by atoms with Crippen LogP contribution in [-0.4, -0.2) is 41.8 Å². The van der Waals surface area contributed by atoms with Crippen LogP contribution in [0.15, 0.2) is 23.1 Å². The van der Waals surface area contributed by atoms with Gasteiger partial charge in [-0.2, -0.15) is 0 Å². The molecule has 23 heavy (non-hydrogen) atoms. The van der Waals surface area contributed by atoms with Crippen molar-refractivity contribution in [3.05, 3.63) is 35.4 Å². The number of aryl methyl sites for hydroxylation is 1. The number of hydrogen-bond donors (Lipinski definition) is 0. The smallest absolute Gasteiger partial charge is 0.188 e. The number of hydrogen-bond acceptors (Lipinski definition) is 6. The van der Waals surface area contributed by atoms with Gasteiger partial charge < -0.3 is 4.74 Å². The topological polar surface area (TPSA) is 87.0 Å². The van der Waals surface area contributed by atoms with Crippen molar-refractivity contribution >= 4 is 9.84 Å². The number of ether oxygens (including phenoxy) is 1. The van der Waals surface area contributed by atoms with Gasteiger partial charge in [-0.25, -0.2) is 17.5 Å². The monoisotopic (exact) mass is 340 g/mol. The molecule has 9 heteroatoms. The molecule has 0 saturated carbocycles. The Hall–Kier alpha value is -1.87. The predicted molar refractivity (Wildman–Crippen MR) is 78.9 cm³/mol. The molecule has 0 unspecified atom stereocenters. The van der Waals surface area contributed by atoms with Crippen LogP contribution in [0.1, 0.15) is 30.3 Å². The summed E-state index contributed by atoms with van der Waals surface area (Å²) in [6.45, 7) is 2.87. The van der Waals surface area contributed by atoms with Gasteiger partial charge in [-0.05, 0) is 47.9 Å². The minimum absolute atomic E-state index is 0.00631. The first kappa shape index (κ1) is 16.0. The van der Waals surface area contributed by atoms with Gasteiger partial charge in [0.15, 0.2) is 15.7 Å². The molecule has 0 aliphatic carbocycles. The molecular formula is C14H17FN4O3S. The molecule has 1 aliphatic rings. The number of aromatic nitrogens is 4. The lowest BCUT2D eigenvalue weighted by Crippen LogP contribution is -2.23. The summed E-state index contributed by atoms with van der Waals surface area (Å²) in [4.78, 5) is -0.329. The number of nitrogens with zero attached hydrogens (tertiary/aromatic N) is 4. The summed E-state index contributed by atoms with van der Waals surface area (Å²) < 4.78 is 45.8. The average molecular weight is 340 g/mol. The van der Waals surface area contributed by atoms with E-state index in [1.807, 2.05) is 0 Å². The first-order valence-corrected chi connectivity index (χ1v) is 8.96. The van der Waals surface area contributed by atoms with Crippen LogP contribution in [0.3, 0.4) is 0 Å². The normalized spacial score (nSPS) is 16.6. The molecule has 2 aromatic rings. The summed E-state index contributed by atoms with van der Waals surface area (Å²) in [5.74, 6) is -0.968. The fourth-order valence-electron chi connectivity index (χ4n) is 2.63. The van der Waals surface area contributed by atoms with Gasteiger partial charge in [-0.1, -0.05) is 6.07 Å². The summed E-state index contributed by atoms with van der Waals surface area (Å²) in [7, 11) is -3.86. The first-order chi connectivity index (χ1) is 11.0. The molecule has 0 radical (unpaired) electrons. The van der Waals surface area contributed by atoms with Crippen LogP contribution in [0.25, 0.3) is 0 Å². The van der Waals surface area contributed by atoms with Crippen molar-refractivity contribution in [2.75, 3.05) is 13.2 Å². The predicted octanol–water partition coefficient (Wildman–Crippen LogP) is 1.45. The van der Waals surface area contributed by atoms with E-state index in [1.165, 1.54) is 16.8 Å². The van der Waals surface area contributed by atoms with Crippen LogP contribution in [-0.2, 0) is 20.3 Å². The van der Waals surface area contributed by atoms with Crippen molar-refractivity contribution in [2.45, 2.75) is 36.5 Å². The molecule has 7 nitrogen and oxygen atoms in total. The highest BCUT2D eigenvalue weighted by molar-refractivity contribution is 7.90. The van der Waals surface area contributed by atoms with Crippen molar-refractivity contribution in [3.63, 3.8) is 0 Å². The van der Waals surface area contributed by atoms with Gasteiger partial charge in [0.1, 0.15) is 16.5 Å². The number of rotatable bonds is 4. The second kappa shape index (κ2) is 6.32. The molecule has 1 saturated heterocycles. The molecule has 1 fully saturated rings. The van der Waals surface area contributed by atoms with E-state index < -0.39 is 21.4 Å². The maximum absolute atomic E-state index is 14.0. The van der Waals surface area contributed by atoms with Crippen LogP contribution >= 0.6 is 0 Å². The third-order valence-corrected chi connectivity index (χ3v) is 5.48. The van der Waals surface area contributed by atoms with Crippen LogP contribution in [0.5, 0.6) is 0 Å². The SMILES string of the molecule is Cc1ccc(S(=O)(=O)Cc2nnnn2C2CCOCC2)c(F)c1. The van der Waals surface area contributed by atoms with Crippen molar-refractivity contribution in [3.8, 4) is 0 Å². The van der Waals surface area contributed by atoms with Crippen LogP contribution in [0.4, 0.5) is 4.39 Å². The van der Waals surface area contributed by atoms with Crippen molar-refractivity contribution in [1.29, 1.82) is 0 Å². The van der Waals surface area contributed by atoms with E-state index in [4.69, 9.17) is 4.74 Å². The molecule has 0 amide bonds. The summed E-state index contributed by atoms with van der Waals surface area (Å²) >= 11 is 0. The zero-order chi connectivity index (χ0) is 16.4. The highest BCUT2D eigenvalue weighted by Crippen LogP contribution is 2.24. The van der Waals surface area contributed by atoms with E-state index in [2.05, 4.69) is 15.5 Å². The fourth-order valence-corrected chi connectivity index (χ4v) is 3.94. The van der Waals surface area contributed by atoms with Gasteiger partial charge in [0, 0.05) is 13.2 Å². The first-order valence-electron chi connectivity index (χ1n) is 7.31. The second-order valence-corrected chi connectivity index (χ2v) is 7.53. The Bertz CT molecular complexity index is 800. The Kier molecular flexibility index (Phi) is 4.40. The molecule has 124 valence electrons. The van der Waals surface area contributed by atoms with Crippen molar-refractivity contribution in [1.82, 2.24) is 20.2 Å². The van der Waals surface area contributed by atoms with Crippen LogP contribution in [0.2, 0.25) is 0 Å². The lowest BCUT2D eigenvalue weighted by atomic mass is 10.1. The van der Waals surface area contributed by atoms with Crippen LogP contribution < -0.4 is 0 Å². The van der Waals surface area contributed by atoms with Gasteiger partial charge >= 0.3 is 0 Å². The molecule has 1 aromatic heterocycles. The Morgan fingerprint density at radius 3 is 2.78 bits per heavy atom. The molecule has 1 aliphatic heterocycles. The minimum Gasteiger partial charge on any atom is -0.381 e. The third-order valence-electron chi connectivity index (χ3n) is 3.84. The zero-order valence-corrected chi connectivity index (χ0v) is 13.5. The summed E-state index contributed by atoms with van der Waals surface area (Å²) in [6, 6.07) is 4.06. The summed E-state index contributed by atoms with van der Waals surface area (Å²) in [5, 5.41) is 11.3. The van der Waals surface area contributed by atoms with Crippen LogP contribution in [0, 0.1) is 12.7 Å². The molecule has 0 bridgehead atoms. The Balaban J connectivity index is 1.88. The molecule has 0 N–H and O–H groups in total. The number of tetrazole rings is 1. The van der Waals surface area contributed by atoms with Gasteiger partial charge in [-0.15, -0.1) is 5.10 Å². The van der Waals surface area contributed by atoms with Crippen molar-refractivity contribution in [2.24, 2.45) is 0 Å². The fraction of sp³-hybridized carbons (Fsp3) is 0.500. The summed E-state index contributed by atoms with van der Waals surface area (Å²) in [6.07, 6.45) is 1.44. The Labute approximate surface area is 133 Å². The number of benzene rings is 1. The van der Waals surface area contributed by atoms with E-state index in [-0.39, 0.29) is 16.8 Å². The maximum atomic E-state index is 14.0. The summed E-state index contributed by atoms with van der Waals surface area (Å²) in [5.41, 5.74) is 0.661. The van der Waals surface area contributed by atoms with E-state index in [1.54, 1.807) is 13.0 Å². The highest BCUT2D eigenvalue weighted by atomic mass is 32.2. The molecular weight excluding hydrogens is 323 g/mol. The standard InChI is InChI=1S/C14H17FN4O3S/c1-10-2-3-13(12(15)8-10)23(20,21)9-14-16-17-18-19(14)11-4-6-22-7-5-11/h2-3,8,11H,4-7,9H2,1H3. The van der Waals surface area contributed by atoms with Gasteiger partial charge in [-0.3, -0.25) is 0 Å². The Morgan fingerprint density at radius 1 is 1.35 bits per heavy atom. The quantitative estimate of drug-likeness (QED) is 0.837. The van der Waals surface area contributed by atoms with Gasteiger partial charge in [0.2, 0.25) is 0 Å². The minimum atomic E-state index is -3.86. The maximum Gasteiger partial charge on any atom is 0.188 e. The molecule has 0 atom stereocenters. The highest BCUT2D eigenvalue weighted by Gasteiger charge is 2.26. The largest absolute Gasteiger partial charge is 0.381 e. The average Bonchev–Trinajstić information content (AvgIpc) is 2.95. The molecule has 1 aromatic carbocycles. The van der Waals surface area contributed by atoms with E-state index in [9.17, 15) is 12.8 Å². The van der Waals surface area contributed by atoms with Gasteiger partial charge in [0.05, 0.1) is 6.04 Å². The molecule has 3 rings (SSSR count). The zero-order valence-electron chi connectivity index (χ0n) is 12.6. The molecule has 2 heterocycles. The van der Waals surface area contributed by atoms with E-state index in [0.717, 1.165) is 12.8 Å². The van der Waals surface area contributed by atoms with Crippen molar-refractivity contribution < 1.29 is 17.5 Å². The number of sulfone groups is 1. The third kappa shape index (κ3) is 3.40. The number of halogens is 1. The molecule has 0 spiro atoms. The second-order valence-electron chi connectivity index (χ2n) is 5.58. The van der Waals surface area contributed by atoms with Gasteiger partial charge in [0.25, 0.3) is 0 Å². The van der Waals surface area contributed by atoms with E-state index >= 15 is 0 Å². The Morgan fingerprint density at radius 2 is 2.09 bits per heavy atom.